The molecule has 2 heterocycles. The van der Waals surface area contributed by atoms with Gasteiger partial charge in [0.1, 0.15) is 5.82 Å². The van der Waals surface area contributed by atoms with Gasteiger partial charge in [0, 0.05) is 30.7 Å². The predicted molar refractivity (Wildman–Crippen MR) is 87.9 cm³/mol. The van der Waals surface area contributed by atoms with Crippen LogP contribution in [0.2, 0.25) is 0 Å². The zero-order valence-corrected chi connectivity index (χ0v) is 13.4. The summed E-state index contributed by atoms with van der Waals surface area (Å²) in [5, 5.41) is 0. The number of benzene rings is 1. The summed E-state index contributed by atoms with van der Waals surface area (Å²) in [5.74, 6) is -0.596. The molecule has 0 aliphatic heterocycles. The minimum Gasteiger partial charge on any atom is -0.265 e. The first-order valence-corrected chi connectivity index (χ1v) is 8.63. The fourth-order valence-corrected chi connectivity index (χ4v) is 3.21. The van der Waals surface area contributed by atoms with Gasteiger partial charge in [0.05, 0.1) is 10.6 Å². The summed E-state index contributed by atoms with van der Waals surface area (Å²) in [7, 11) is -3.78. The van der Waals surface area contributed by atoms with Gasteiger partial charge in [0.2, 0.25) is 10.0 Å². The fraction of sp³-hybridized carbons (Fsp3) is 0.0588. The van der Waals surface area contributed by atoms with Crippen LogP contribution >= 0.6 is 0 Å². The Hall–Kier alpha value is -2.64. The van der Waals surface area contributed by atoms with Gasteiger partial charge in [0.25, 0.3) is 0 Å². The van der Waals surface area contributed by atoms with Gasteiger partial charge in [-0.2, -0.15) is 0 Å². The molecule has 7 heteroatoms. The van der Waals surface area contributed by atoms with Crippen LogP contribution in [0, 0.1) is 5.82 Å². The lowest BCUT2D eigenvalue weighted by molar-refractivity contribution is 0.577. The number of pyridine rings is 2. The SMILES string of the molecule is O=S(=O)(NCc1ccnc(-c2ccncc2)c1)c1cccc(F)c1. The molecule has 0 fully saturated rings. The molecule has 0 saturated carbocycles. The molecule has 0 atom stereocenters. The van der Waals surface area contributed by atoms with Gasteiger partial charge in [0.15, 0.2) is 0 Å². The van der Waals surface area contributed by atoms with Gasteiger partial charge in [-0.25, -0.2) is 17.5 Å². The van der Waals surface area contributed by atoms with Gasteiger partial charge in [-0.3, -0.25) is 9.97 Å². The number of nitrogens with zero attached hydrogens (tertiary/aromatic N) is 2. The van der Waals surface area contributed by atoms with Crippen molar-refractivity contribution >= 4 is 10.0 Å². The molecular weight excluding hydrogens is 329 g/mol. The van der Waals surface area contributed by atoms with E-state index in [4.69, 9.17) is 0 Å². The Morgan fingerprint density at radius 2 is 1.79 bits per heavy atom. The van der Waals surface area contributed by atoms with Crippen molar-refractivity contribution in [2.45, 2.75) is 11.4 Å². The number of hydrogen-bond acceptors (Lipinski definition) is 4. The van der Waals surface area contributed by atoms with Crippen LogP contribution in [-0.2, 0) is 16.6 Å². The van der Waals surface area contributed by atoms with E-state index >= 15 is 0 Å². The molecule has 5 nitrogen and oxygen atoms in total. The first kappa shape index (κ1) is 16.2. The van der Waals surface area contributed by atoms with Crippen LogP contribution in [0.3, 0.4) is 0 Å². The molecule has 0 bridgehead atoms. The Kier molecular flexibility index (Phi) is 4.64. The van der Waals surface area contributed by atoms with Gasteiger partial charge in [-0.05, 0) is 48.0 Å². The van der Waals surface area contributed by atoms with Gasteiger partial charge in [-0.1, -0.05) is 6.07 Å². The van der Waals surface area contributed by atoms with Crippen molar-refractivity contribution in [3.8, 4) is 11.3 Å². The minimum atomic E-state index is -3.78. The van der Waals surface area contributed by atoms with Crippen LogP contribution in [-0.4, -0.2) is 18.4 Å². The lowest BCUT2D eigenvalue weighted by atomic mass is 10.1. The van der Waals surface area contributed by atoms with Crippen molar-refractivity contribution in [2.24, 2.45) is 0 Å². The third-order valence-corrected chi connectivity index (χ3v) is 4.77. The van der Waals surface area contributed by atoms with Gasteiger partial charge < -0.3 is 0 Å². The summed E-state index contributed by atoms with van der Waals surface area (Å²) in [4.78, 5) is 8.12. The average molecular weight is 343 g/mol. The van der Waals surface area contributed by atoms with Crippen molar-refractivity contribution in [1.82, 2.24) is 14.7 Å². The number of sulfonamides is 1. The van der Waals surface area contributed by atoms with Crippen LogP contribution in [0.5, 0.6) is 0 Å². The number of rotatable bonds is 5. The summed E-state index contributed by atoms with van der Waals surface area (Å²) in [6, 6.07) is 12.0. The molecule has 122 valence electrons. The van der Waals surface area contributed by atoms with Crippen molar-refractivity contribution < 1.29 is 12.8 Å². The molecule has 0 saturated heterocycles. The predicted octanol–water partition coefficient (Wildman–Crippen LogP) is 2.76. The summed E-state index contributed by atoms with van der Waals surface area (Å²) in [5.41, 5.74) is 2.36. The zero-order valence-electron chi connectivity index (χ0n) is 12.6. The average Bonchev–Trinajstić information content (AvgIpc) is 2.61. The Morgan fingerprint density at radius 3 is 2.54 bits per heavy atom. The molecular formula is C17H14FN3O2S. The summed E-state index contributed by atoms with van der Waals surface area (Å²) < 4.78 is 40.1. The smallest absolute Gasteiger partial charge is 0.240 e. The molecule has 1 N–H and O–H groups in total. The second-order valence-corrected chi connectivity index (χ2v) is 6.83. The first-order valence-electron chi connectivity index (χ1n) is 7.15. The summed E-state index contributed by atoms with van der Waals surface area (Å²) in [6.07, 6.45) is 4.94. The standard InChI is InChI=1S/C17H14FN3O2S/c18-15-2-1-3-16(11-15)24(22,23)21-12-13-4-9-20-17(10-13)14-5-7-19-8-6-14/h1-11,21H,12H2. The van der Waals surface area contributed by atoms with Crippen LogP contribution in [0.25, 0.3) is 11.3 Å². The van der Waals surface area contributed by atoms with E-state index in [0.29, 0.717) is 0 Å². The summed E-state index contributed by atoms with van der Waals surface area (Å²) in [6.45, 7) is 0.0828. The highest BCUT2D eigenvalue weighted by Crippen LogP contribution is 2.17. The first-order chi connectivity index (χ1) is 11.5. The van der Waals surface area contributed by atoms with E-state index in [1.54, 1.807) is 30.7 Å². The van der Waals surface area contributed by atoms with Crippen LogP contribution < -0.4 is 4.72 Å². The highest BCUT2D eigenvalue weighted by molar-refractivity contribution is 7.89. The van der Waals surface area contributed by atoms with E-state index < -0.39 is 15.8 Å². The number of aromatic nitrogens is 2. The number of nitrogens with one attached hydrogen (secondary N) is 1. The second kappa shape index (κ2) is 6.86. The molecule has 0 aliphatic rings. The second-order valence-electron chi connectivity index (χ2n) is 5.07. The fourth-order valence-electron chi connectivity index (χ4n) is 2.16. The molecule has 0 unspecified atom stereocenters. The number of halogens is 1. The van der Waals surface area contributed by atoms with Gasteiger partial charge >= 0.3 is 0 Å². The third-order valence-electron chi connectivity index (χ3n) is 3.37. The van der Waals surface area contributed by atoms with Crippen molar-refractivity contribution in [3.63, 3.8) is 0 Å². The van der Waals surface area contributed by atoms with E-state index in [1.165, 1.54) is 18.2 Å². The zero-order chi connectivity index (χ0) is 17.0. The monoisotopic (exact) mass is 343 g/mol. The van der Waals surface area contributed by atoms with Crippen LogP contribution in [0.4, 0.5) is 4.39 Å². The lowest BCUT2D eigenvalue weighted by Crippen LogP contribution is -2.23. The van der Waals surface area contributed by atoms with Crippen molar-refractivity contribution in [1.29, 1.82) is 0 Å². The molecule has 24 heavy (non-hydrogen) atoms. The van der Waals surface area contributed by atoms with Crippen LogP contribution in [0.15, 0.2) is 72.0 Å². The largest absolute Gasteiger partial charge is 0.265 e. The van der Waals surface area contributed by atoms with E-state index in [0.717, 1.165) is 22.9 Å². The maximum Gasteiger partial charge on any atom is 0.240 e. The molecule has 3 aromatic rings. The summed E-state index contributed by atoms with van der Waals surface area (Å²) >= 11 is 0. The lowest BCUT2D eigenvalue weighted by Gasteiger charge is -2.08. The molecule has 0 radical (unpaired) electrons. The van der Waals surface area contributed by atoms with Crippen LogP contribution in [0.1, 0.15) is 5.56 Å². The maximum absolute atomic E-state index is 13.2. The van der Waals surface area contributed by atoms with E-state index in [2.05, 4.69) is 14.7 Å². The molecule has 0 amide bonds. The Bertz CT molecular complexity index is 947. The third kappa shape index (κ3) is 3.81. The quantitative estimate of drug-likeness (QED) is 0.773. The topological polar surface area (TPSA) is 72.0 Å². The van der Waals surface area contributed by atoms with Crippen molar-refractivity contribution in [2.75, 3.05) is 0 Å². The van der Waals surface area contributed by atoms with Gasteiger partial charge in [-0.15, -0.1) is 0 Å². The Labute approximate surface area is 139 Å². The maximum atomic E-state index is 13.2. The van der Waals surface area contributed by atoms with E-state index in [9.17, 15) is 12.8 Å². The number of hydrogen-bond donors (Lipinski definition) is 1. The Morgan fingerprint density at radius 1 is 1.00 bits per heavy atom. The Balaban J connectivity index is 1.78. The molecule has 0 aliphatic carbocycles. The highest BCUT2D eigenvalue weighted by atomic mass is 32.2. The normalized spacial score (nSPS) is 11.4. The highest BCUT2D eigenvalue weighted by Gasteiger charge is 2.14. The molecule has 3 rings (SSSR count). The van der Waals surface area contributed by atoms with Crippen molar-refractivity contribution in [3.05, 3.63) is 78.5 Å². The molecule has 1 aromatic carbocycles. The molecule has 2 aromatic heterocycles. The molecule has 0 spiro atoms. The minimum absolute atomic E-state index is 0.0828. The van der Waals surface area contributed by atoms with E-state index in [-0.39, 0.29) is 11.4 Å². The van der Waals surface area contributed by atoms with E-state index in [1.807, 2.05) is 12.1 Å².